The maximum Gasteiger partial charge on any atom is 0.329 e. The Morgan fingerprint density at radius 1 is 0.909 bits per heavy atom. The molecule has 1 fully saturated rings. The number of carboxylic acids is 1. The van der Waals surface area contributed by atoms with Gasteiger partial charge in [-0.15, -0.1) is 12.4 Å². The minimum absolute atomic E-state index is 0. The summed E-state index contributed by atoms with van der Waals surface area (Å²) in [6.07, 6.45) is 5.21. The zero-order valence-electron chi connectivity index (χ0n) is 19.3. The molecule has 0 aromatic heterocycles. The van der Waals surface area contributed by atoms with Crippen LogP contribution in [0, 0.1) is 0 Å². The number of nitrogens with zero attached hydrogens (tertiary/aromatic N) is 3. The average molecular weight is 472 g/mol. The molecule has 7 heteroatoms. The molecular weight excluding hydrogens is 438 g/mol. The van der Waals surface area contributed by atoms with Crippen molar-refractivity contribution in [1.29, 1.82) is 0 Å². The van der Waals surface area contributed by atoms with Crippen molar-refractivity contribution in [2.24, 2.45) is 0 Å². The van der Waals surface area contributed by atoms with E-state index in [-0.39, 0.29) is 24.9 Å². The Balaban J connectivity index is 0.00000306. The highest BCUT2D eigenvalue weighted by Crippen LogP contribution is 2.28. The molecule has 33 heavy (non-hydrogen) atoms. The molecule has 2 aromatic carbocycles. The molecule has 0 saturated carbocycles. The number of anilines is 2. The van der Waals surface area contributed by atoms with Crippen LogP contribution in [0.1, 0.15) is 42.9 Å². The SMILES string of the molecule is CCCCN1CCc2ccc(N3CCN(c4ccc(CCC(=O)O)cc4)C3=O)cc2CC1.Cl. The van der Waals surface area contributed by atoms with Gasteiger partial charge in [-0.05, 0) is 73.2 Å². The van der Waals surface area contributed by atoms with Gasteiger partial charge in [0, 0.05) is 44.0 Å². The number of urea groups is 1. The van der Waals surface area contributed by atoms with E-state index < -0.39 is 5.97 Å². The Morgan fingerprint density at radius 3 is 2.21 bits per heavy atom. The van der Waals surface area contributed by atoms with Gasteiger partial charge >= 0.3 is 12.0 Å². The van der Waals surface area contributed by atoms with Crippen LogP contribution in [0.15, 0.2) is 42.5 Å². The van der Waals surface area contributed by atoms with E-state index in [9.17, 15) is 9.59 Å². The van der Waals surface area contributed by atoms with Crippen LogP contribution in [-0.4, -0.2) is 54.7 Å². The van der Waals surface area contributed by atoms with Crippen molar-refractivity contribution in [2.45, 2.75) is 45.4 Å². The summed E-state index contributed by atoms with van der Waals surface area (Å²) >= 11 is 0. The van der Waals surface area contributed by atoms with Crippen LogP contribution >= 0.6 is 12.4 Å². The lowest BCUT2D eigenvalue weighted by molar-refractivity contribution is -0.136. The van der Waals surface area contributed by atoms with Gasteiger partial charge in [0.25, 0.3) is 0 Å². The topological polar surface area (TPSA) is 64.1 Å². The third-order valence-electron chi connectivity index (χ3n) is 6.61. The van der Waals surface area contributed by atoms with Crippen LogP contribution in [0.4, 0.5) is 16.2 Å². The fourth-order valence-electron chi connectivity index (χ4n) is 4.64. The Morgan fingerprint density at radius 2 is 1.55 bits per heavy atom. The molecule has 4 rings (SSSR count). The van der Waals surface area contributed by atoms with Crippen LogP contribution < -0.4 is 9.80 Å². The molecule has 2 aliphatic rings. The number of carbonyl (C=O) groups is 2. The van der Waals surface area contributed by atoms with Gasteiger partial charge in [0.1, 0.15) is 0 Å². The highest BCUT2D eigenvalue weighted by atomic mass is 35.5. The van der Waals surface area contributed by atoms with Crippen LogP contribution in [-0.2, 0) is 24.1 Å². The largest absolute Gasteiger partial charge is 0.481 e. The molecule has 2 aromatic rings. The second-order valence-electron chi connectivity index (χ2n) is 8.79. The third-order valence-corrected chi connectivity index (χ3v) is 6.61. The van der Waals surface area contributed by atoms with Gasteiger partial charge in [0.05, 0.1) is 0 Å². The Kier molecular flexibility index (Phi) is 8.75. The van der Waals surface area contributed by atoms with Gasteiger partial charge in [0.15, 0.2) is 0 Å². The van der Waals surface area contributed by atoms with Crippen molar-refractivity contribution >= 4 is 35.8 Å². The summed E-state index contributed by atoms with van der Waals surface area (Å²) in [4.78, 5) is 30.2. The second-order valence-corrected chi connectivity index (χ2v) is 8.79. The van der Waals surface area contributed by atoms with E-state index in [1.54, 1.807) is 4.90 Å². The lowest BCUT2D eigenvalue weighted by atomic mass is 10.0. The van der Waals surface area contributed by atoms with Gasteiger partial charge in [-0.2, -0.15) is 0 Å². The number of unbranched alkanes of at least 4 members (excludes halogenated alkanes) is 1. The minimum Gasteiger partial charge on any atom is -0.481 e. The summed E-state index contributed by atoms with van der Waals surface area (Å²) in [7, 11) is 0. The summed E-state index contributed by atoms with van der Waals surface area (Å²) in [6.45, 7) is 6.93. The molecular formula is C26H34ClN3O3. The van der Waals surface area contributed by atoms with Gasteiger partial charge in [0.2, 0.25) is 0 Å². The average Bonchev–Trinajstić information content (AvgIpc) is 3.06. The first-order valence-electron chi connectivity index (χ1n) is 11.8. The summed E-state index contributed by atoms with van der Waals surface area (Å²) < 4.78 is 0. The smallest absolute Gasteiger partial charge is 0.329 e. The molecule has 0 radical (unpaired) electrons. The summed E-state index contributed by atoms with van der Waals surface area (Å²) in [5.74, 6) is -0.797. The number of fused-ring (bicyclic) bond motifs is 1. The fourth-order valence-corrected chi connectivity index (χ4v) is 4.64. The molecule has 2 aliphatic heterocycles. The fraction of sp³-hybridized carbons (Fsp3) is 0.462. The zero-order valence-corrected chi connectivity index (χ0v) is 20.1. The third kappa shape index (κ3) is 6.06. The number of carbonyl (C=O) groups excluding carboxylic acids is 1. The van der Waals surface area contributed by atoms with Crippen LogP contribution in [0.2, 0.25) is 0 Å². The van der Waals surface area contributed by atoms with Crippen LogP contribution in [0.25, 0.3) is 0 Å². The number of amides is 2. The molecule has 0 unspecified atom stereocenters. The predicted octanol–water partition coefficient (Wildman–Crippen LogP) is 4.77. The van der Waals surface area contributed by atoms with Crippen molar-refractivity contribution in [2.75, 3.05) is 42.5 Å². The van der Waals surface area contributed by atoms with E-state index >= 15 is 0 Å². The first kappa shape index (κ1) is 25.1. The lowest BCUT2D eigenvalue weighted by Gasteiger charge is -2.20. The van der Waals surface area contributed by atoms with Crippen molar-refractivity contribution in [3.05, 3.63) is 59.2 Å². The van der Waals surface area contributed by atoms with E-state index in [0.29, 0.717) is 19.5 Å². The van der Waals surface area contributed by atoms with E-state index in [1.165, 1.54) is 30.5 Å². The molecule has 2 heterocycles. The lowest BCUT2D eigenvalue weighted by Crippen LogP contribution is -2.31. The van der Waals surface area contributed by atoms with Gasteiger partial charge in [-0.1, -0.05) is 31.5 Å². The Bertz CT molecular complexity index is 964. The predicted molar refractivity (Wildman–Crippen MR) is 135 cm³/mol. The quantitative estimate of drug-likeness (QED) is 0.602. The molecule has 0 atom stereocenters. The van der Waals surface area contributed by atoms with E-state index in [2.05, 4.69) is 30.0 Å². The Hall–Kier alpha value is -2.57. The molecule has 6 nitrogen and oxygen atoms in total. The number of aliphatic carboxylic acids is 1. The molecule has 178 valence electrons. The summed E-state index contributed by atoms with van der Waals surface area (Å²) in [5, 5.41) is 8.85. The van der Waals surface area contributed by atoms with Crippen molar-refractivity contribution in [3.63, 3.8) is 0 Å². The van der Waals surface area contributed by atoms with Crippen LogP contribution in [0.3, 0.4) is 0 Å². The molecule has 1 N–H and O–H groups in total. The first-order valence-corrected chi connectivity index (χ1v) is 11.8. The van der Waals surface area contributed by atoms with Crippen molar-refractivity contribution < 1.29 is 14.7 Å². The Labute approximate surface area is 202 Å². The number of halogens is 1. The number of hydrogen-bond donors (Lipinski definition) is 1. The van der Waals surface area contributed by atoms with E-state index in [1.807, 2.05) is 29.2 Å². The normalized spacial score (nSPS) is 16.3. The minimum atomic E-state index is -0.797. The van der Waals surface area contributed by atoms with Gasteiger partial charge < -0.3 is 10.0 Å². The van der Waals surface area contributed by atoms with Crippen LogP contribution in [0.5, 0.6) is 0 Å². The number of aryl methyl sites for hydroxylation is 1. The van der Waals surface area contributed by atoms with Crippen molar-refractivity contribution in [1.82, 2.24) is 4.90 Å². The standard InChI is InChI=1S/C26H33N3O3.ClH/c1-2-3-14-27-15-12-21-7-10-24(19-22(21)13-16-27)29-18-17-28(26(29)32)23-8-4-20(5-9-23)6-11-25(30)31;/h4-5,7-10,19H,2-3,6,11-18H2,1H3,(H,30,31);1H. The molecule has 0 aliphatic carbocycles. The zero-order chi connectivity index (χ0) is 22.5. The second kappa shape index (κ2) is 11.5. The van der Waals surface area contributed by atoms with E-state index in [4.69, 9.17) is 5.11 Å². The number of rotatable bonds is 8. The van der Waals surface area contributed by atoms with Gasteiger partial charge in [-0.25, -0.2) is 4.79 Å². The maximum absolute atomic E-state index is 13.2. The highest BCUT2D eigenvalue weighted by Gasteiger charge is 2.31. The highest BCUT2D eigenvalue weighted by molar-refractivity contribution is 6.06. The molecule has 1 saturated heterocycles. The van der Waals surface area contributed by atoms with E-state index in [0.717, 1.165) is 42.9 Å². The summed E-state index contributed by atoms with van der Waals surface area (Å²) in [6, 6.07) is 14.2. The molecule has 0 bridgehead atoms. The van der Waals surface area contributed by atoms with Gasteiger partial charge in [-0.3, -0.25) is 14.6 Å². The molecule has 0 spiro atoms. The molecule has 2 amide bonds. The number of hydrogen-bond acceptors (Lipinski definition) is 3. The number of carboxylic acid groups (broad SMARTS) is 1. The van der Waals surface area contributed by atoms with Crippen molar-refractivity contribution in [3.8, 4) is 0 Å². The summed E-state index contributed by atoms with van der Waals surface area (Å²) in [5.41, 5.74) is 5.59. The number of benzene rings is 2. The monoisotopic (exact) mass is 471 g/mol. The first-order chi connectivity index (χ1) is 15.5. The maximum atomic E-state index is 13.2.